The molecule has 7 nitrogen and oxygen atoms in total. The Labute approximate surface area is 181 Å². The minimum absolute atomic E-state index is 0.0371. The smallest absolute Gasteiger partial charge is 0.336 e. The number of ether oxygens (including phenoxy) is 1. The molecule has 2 aromatic heterocycles. The lowest BCUT2D eigenvalue weighted by Crippen LogP contribution is -2.51. The van der Waals surface area contributed by atoms with E-state index in [0.29, 0.717) is 24.4 Å². The van der Waals surface area contributed by atoms with Crippen LogP contribution in [0, 0.1) is 0 Å². The van der Waals surface area contributed by atoms with Crippen LogP contribution in [0.15, 0.2) is 58.0 Å². The van der Waals surface area contributed by atoms with Crippen LogP contribution in [-0.2, 0) is 17.8 Å². The maximum atomic E-state index is 12.9. The Morgan fingerprint density at radius 3 is 2.71 bits per heavy atom. The predicted molar refractivity (Wildman–Crippen MR) is 118 cm³/mol. The van der Waals surface area contributed by atoms with Crippen molar-refractivity contribution >= 4 is 16.9 Å². The predicted octanol–water partition coefficient (Wildman–Crippen LogP) is 2.86. The lowest BCUT2D eigenvalue weighted by Gasteiger charge is -2.35. The van der Waals surface area contributed by atoms with Crippen molar-refractivity contribution in [1.82, 2.24) is 14.8 Å². The van der Waals surface area contributed by atoms with Crippen LogP contribution in [0.3, 0.4) is 0 Å². The molecule has 162 valence electrons. The first kappa shape index (κ1) is 21.1. The minimum atomic E-state index is -0.622. The summed E-state index contributed by atoms with van der Waals surface area (Å²) in [7, 11) is 0. The summed E-state index contributed by atoms with van der Waals surface area (Å²) in [5.74, 6) is 0.477. The van der Waals surface area contributed by atoms with E-state index < -0.39 is 6.10 Å². The molecule has 0 spiro atoms. The number of benzene rings is 1. The van der Waals surface area contributed by atoms with Gasteiger partial charge >= 0.3 is 5.63 Å². The number of nitrogens with zero attached hydrogens (tertiary/aromatic N) is 3. The maximum absolute atomic E-state index is 12.9. The number of carbonyl (C=O) groups excluding carboxylic acids is 1. The SMILES string of the molecule is CCc1cc(=O)oc2cc(OC(C)C(=O)N3CCN(Cc4cccnc4)CC3)ccc12. The van der Waals surface area contributed by atoms with Crippen LogP contribution in [-0.4, -0.2) is 53.0 Å². The van der Waals surface area contributed by atoms with E-state index in [9.17, 15) is 9.59 Å². The van der Waals surface area contributed by atoms with Gasteiger partial charge in [-0.15, -0.1) is 0 Å². The molecular formula is C24H27N3O4. The normalized spacial score (nSPS) is 15.7. The van der Waals surface area contributed by atoms with Crippen molar-refractivity contribution in [3.05, 3.63) is 70.3 Å². The topological polar surface area (TPSA) is 75.9 Å². The van der Waals surface area contributed by atoms with Gasteiger partial charge in [0.1, 0.15) is 11.3 Å². The summed E-state index contributed by atoms with van der Waals surface area (Å²) in [5.41, 5.74) is 2.21. The van der Waals surface area contributed by atoms with Gasteiger partial charge in [0.2, 0.25) is 0 Å². The van der Waals surface area contributed by atoms with Crippen LogP contribution in [0.5, 0.6) is 5.75 Å². The highest BCUT2D eigenvalue weighted by Crippen LogP contribution is 2.24. The Morgan fingerprint density at radius 1 is 1.19 bits per heavy atom. The van der Waals surface area contributed by atoms with Crippen LogP contribution in [0.4, 0.5) is 0 Å². The van der Waals surface area contributed by atoms with Gasteiger partial charge in [-0.2, -0.15) is 0 Å². The minimum Gasteiger partial charge on any atom is -0.481 e. The van der Waals surface area contributed by atoms with E-state index in [1.54, 1.807) is 19.2 Å². The first-order valence-electron chi connectivity index (χ1n) is 10.7. The molecule has 0 N–H and O–H groups in total. The van der Waals surface area contributed by atoms with Crippen molar-refractivity contribution in [3.63, 3.8) is 0 Å². The van der Waals surface area contributed by atoms with Crippen molar-refractivity contribution in [2.24, 2.45) is 0 Å². The van der Waals surface area contributed by atoms with Gasteiger partial charge in [0.25, 0.3) is 5.91 Å². The summed E-state index contributed by atoms with van der Waals surface area (Å²) < 4.78 is 11.2. The highest BCUT2D eigenvalue weighted by molar-refractivity contribution is 5.83. The molecule has 1 amide bonds. The number of aryl methyl sites for hydroxylation is 1. The van der Waals surface area contributed by atoms with E-state index in [2.05, 4.69) is 16.0 Å². The molecule has 1 aromatic carbocycles. The summed E-state index contributed by atoms with van der Waals surface area (Å²) in [6.45, 7) is 7.55. The molecule has 31 heavy (non-hydrogen) atoms. The Kier molecular flexibility index (Phi) is 6.32. The Hall–Kier alpha value is -3.19. The van der Waals surface area contributed by atoms with Gasteiger partial charge in [-0.25, -0.2) is 4.79 Å². The molecule has 7 heteroatoms. The third kappa shape index (κ3) is 4.94. The number of piperazine rings is 1. The van der Waals surface area contributed by atoms with Crippen LogP contribution in [0.25, 0.3) is 11.0 Å². The maximum Gasteiger partial charge on any atom is 0.336 e. The Morgan fingerprint density at radius 2 is 2.00 bits per heavy atom. The number of fused-ring (bicyclic) bond motifs is 1. The molecule has 1 fully saturated rings. The van der Waals surface area contributed by atoms with Crippen molar-refractivity contribution in [2.45, 2.75) is 32.9 Å². The monoisotopic (exact) mass is 421 g/mol. The molecule has 0 saturated carbocycles. The summed E-state index contributed by atoms with van der Waals surface area (Å²) >= 11 is 0. The zero-order chi connectivity index (χ0) is 21.8. The van der Waals surface area contributed by atoms with Crippen LogP contribution in [0.2, 0.25) is 0 Å². The molecule has 0 aliphatic carbocycles. The van der Waals surface area contributed by atoms with Gasteiger partial charge in [-0.1, -0.05) is 13.0 Å². The van der Waals surface area contributed by atoms with Gasteiger partial charge in [0.05, 0.1) is 0 Å². The third-order valence-electron chi connectivity index (χ3n) is 5.66. The quantitative estimate of drug-likeness (QED) is 0.570. The van der Waals surface area contributed by atoms with E-state index >= 15 is 0 Å². The van der Waals surface area contributed by atoms with Crippen LogP contribution in [0.1, 0.15) is 25.0 Å². The number of hydrogen-bond acceptors (Lipinski definition) is 6. The first-order chi connectivity index (χ1) is 15.0. The number of pyridine rings is 1. The molecular weight excluding hydrogens is 394 g/mol. The van der Waals surface area contributed by atoms with E-state index in [1.165, 1.54) is 11.6 Å². The summed E-state index contributed by atoms with van der Waals surface area (Å²) in [6.07, 6.45) is 3.77. The molecule has 0 radical (unpaired) electrons. The lowest BCUT2D eigenvalue weighted by atomic mass is 10.1. The summed E-state index contributed by atoms with van der Waals surface area (Å²) in [6, 6.07) is 10.9. The number of carbonyl (C=O) groups is 1. The molecule has 1 aliphatic rings. The van der Waals surface area contributed by atoms with Gasteiger partial charge in [-0.05, 0) is 42.7 Å². The van der Waals surface area contributed by atoms with E-state index in [1.807, 2.05) is 36.2 Å². The van der Waals surface area contributed by atoms with E-state index in [4.69, 9.17) is 9.15 Å². The second-order valence-corrected chi connectivity index (χ2v) is 7.82. The third-order valence-corrected chi connectivity index (χ3v) is 5.66. The van der Waals surface area contributed by atoms with Gasteiger partial charge in [0.15, 0.2) is 6.10 Å². The van der Waals surface area contributed by atoms with E-state index in [-0.39, 0.29) is 11.5 Å². The first-order valence-corrected chi connectivity index (χ1v) is 10.7. The lowest BCUT2D eigenvalue weighted by molar-refractivity contribution is -0.139. The Bertz CT molecular complexity index is 1100. The molecule has 1 atom stereocenters. The fraction of sp³-hybridized carbons (Fsp3) is 0.375. The van der Waals surface area contributed by atoms with Gasteiger partial charge in [0, 0.05) is 62.6 Å². The largest absolute Gasteiger partial charge is 0.481 e. The molecule has 1 saturated heterocycles. The zero-order valence-electron chi connectivity index (χ0n) is 17.9. The highest BCUT2D eigenvalue weighted by Gasteiger charge is 2.26. The molecule has 1 unspecified atom stereocenters. The van der Waals surface area contributed by atoms with Crippen molar-refractivity contribution in [2.75, 3.05) is 26.2 Å². The molecule has 1 aliphatic heterocycles. The Balaban J connectivity index is 1.36. The number of aromatic nitrogens is 1. The fourth-order valence-corrected chi connectivity index (χ4v) is 3.96. The number of rotatable bonds is 6. The second-order valence-electron chi connectivity index (χ2n) is 7.82. The zero-order valence-corrected chi connectivity index (χ0v) is 17.9. The van der Waals surface area contributed by atoms with Gasteiger partial charge in [-0.3, -0.25) is 14.7 Å². The average molecular weight is 421 g/mol. The number of hydrogen-bond donors (Lipinski definition) is 0. The van der Waals surface area contributed by atoms with Crippen molar-refractivity contribution in [1.29, 1.82) is 0 Å². The summed E-state index contributed by atoms with van der Waals surface area (Å²) in [5, 5.41) is 0.887. The van der Waals surface area contributed by atoms with Crippen molar-refractivity contribution in [3.8, 4) is 5.75 Å². The average Bonchev–Trinajstić information content (AvgIpc) is 2.79. The summed E-state index contributed by atoms with van der Waals surface area (Å²) in [4.78, 5) is 33.0. The van der Waals surface area contributed by atoms with Crippen molar-refractivity contribution < 1.29 is 13.9 Å². The second kappa shape index (κ2) is 9.31. The van der Waals surface area contributed by atoms with Crippen LogP contribution < -0.4 is 10.4 Å². The molecule has 0 bridgehead atoms. The highest BCUT2D eigenvalue weighted by atomic mass is 16.5. The molecule has 4 rings (SSSR count). The fourth-order valence-electron chi connectivity index (χ4n) is 3.96. The molecule has 3 heterocycles. The van der Waals surface area contributed by atoms with Gasteiger partial charge < -0.3 is 14.1 Å². The number of amides is 1. The molecule has 3 aromatic rings. The van der Waals surface area contributed by atoms with E-state index in [0.717, 1.165) is 37.0 Å². The standard InChI is InChI=1S/C24H27N3O4/c1-3-19-13-23(28)31-22-14-20(6-7-21(19)22)30-17(2)24(29)27-11-9-26(10-12-27)16-18-5-4-8-25-15-18/h4-8,13-15,17H,3,9-12,16H2,1-2H3. The van der Waals surface area contributed by atoms with Crippen LogP contribution >= 0.6 is 0 Å².